The highest BCUT2D eigenvalue weighted by molar-refractivity contribution is 8.15. The van der Waals surface area contributed by atoms with Crippen molar-refractivity contribution in [3.8, 4) is 6.07 Å². The van der Waals surface area contributed by atoms with Crippen LogP contribution in [0.15, 0.2) is 29.3 Å². The maximum absolute atomic E-state index is 13.4. The summed E-state index contributed by atoms with van der Waals surface area (Å²) in [5.41, 5.74) is 1.49. The van der Waals surface area contributed by atoms with Gasteiger partial charge in [0.15, 0.2) is 5.82 Å². The number of fused-ring (bicyclic) bond motifs is 1. The summed E-state index contributed by atoms with van der Waals surface area (Å²) in [5.74, 6) is 0.754. The van der Waals surface area contributed by atoms with Gasteiger partial charge in [0.25, 0.3) is 0 Å². The van der Waals surface area contributed by atoms with E-state index in [1.165, 1.54) is 12.1 Å². The summed E-state index contributed by atoms with van der Waals surface area (Å²) in [4.78, 5) is 4.68. The lowest BCUT2D eigenvalue weighted by Gasteiger charge is -2.34. The monoisotopic (exact) mass is 403 g/mol. The summed E-state index contributed by atoms with van der Waals surface area (Å²) < 4.78 is 23.7. The lowest BCUT2D eigenvalue weighted by molar-refractivity contribution is 0.481. The van der Waals surface area contributed by atoms with E-state index in [1.54, 1.807) is 16.8 Å². The number of hydrogen-bond acceptors (Lipinski definition) is 5. The second kappa shape index (κ2) is 7.16. The first-order valence-corrected chi connectivity index (χ1v) is 11.5. The van der Waals surface area contributed by atoms with Gasteiger partial charge in [-0.1, -0.05) is 0 Å². The summed E-state index contributed by atoms with van der Waals surface area (Å²) in [6, 6.07) is 8.20. The number of hydrogen-bond donors (Lipinski definition) is 0. The lowest BCUT2D eigenvalue weighted by Crippen LogP contribution is -2.30. The summed E-state index contributed by atoms with van der Waals surface area (Å²) in [6.45, 7) is 4.13. The summed E-state index contributed by atoms with van der Waals surface area (Å²) >= 11 is 6.13. The molecule has 0 amide bonds. The molecule has 9 heteroatoms. The van der Waals surface area contributed by atoms with Gasteiger partial charge in [-0.15, -0.1) is 0 Å². The van der Waals surface area contributed by atoms with E-state index in [2.05, 4.69) is 20.8 Å². The predicted octanol–water partition coefficient (Wildman–Crippen LogP) is 3.38. The van der Waals surface area contributed by atoms with E-state index in [0.717, 1.165) is 36.9 Å². The zero-order valence-electron chi connectivity index (χ0n) is 14.9. The molecule has 0 saturated carbocycles. The second-order valence-corrected chi connectivity index (χ2v) is 10.3. The number of aryl methyl sites for hydroxylation is 2. The van der Waals surface area contributed by atoms with E-state index in [0.29, 0.717) is 30.2 Å². The largest absolute Gasteiger partial charge is 0.431 e. The Kier molecular flexibility index (Phi) is 4.85. The van der Waals surface area contributed by atoms with Crippen LogP contribution in [0.3, 0.4) is 0 Å². The number of halogens is 1. The fourth-order valence-corrected chi connectivity index (χ4v) is 7.36. The van der Waals surface area contributed by atoms with Gasteiger partial charge < -0.3 is 4.52 Å². The molecule has 2 aliphatic rings. The van der Waals surface area contributed by atoms with Crippen LogP contribution in [0.2, 0.25) is 0 Å². The zero-order chi connectivity index (χ0) is 19.0. The van der Waals surface area contributed by atoms with E-state index in [9.17, 15) is 4.39 Å². The van der Waals surface area contributed by atoms with Crippen molar-refractivity contribution in [2.45, 2.75) is 32.7 Å². The van der Waals surface area contributed by atoms with Crippen LogP contribution in [0.4, 0.5) is 10.2 Å². The quantitative estimate of drug-likeness (QED) is 0.733. The fraction of sp³-hybridized carbons (Fsp3) is 0.389. The number of nitrogens with zero attached hydrogens (tertiary/aromatic N) is 5. The van der Waals surface area contributed by atoms with Crippen molar-refractivity contribution in [2.75, 3.05) is 13.1 Å². The van der Waals surface area contributed by atoms with Crippen molar-refractivity contribution < 1.29 is 8.91 Å². The molecule has 1 atom stereocenters. The molecule has 1 fully saturated rings. The Morgan fingerprint density at radius 2 is 2.00 bits per heavy atom. The first kappa shape index (κ1) is 18.3. The summed E-state index contributed by atoms with van der Waals surface area (Å²) in [5, 5.41) is 14.4. The molecule has 1 aromatic heterocycles. The van der Waals surface area contributed by atoms with E-state index in [-0.39, 0.29) is 5.82 Å². The first-order chi connectivity index (χ1) is 13.0. The maximum Gasteiger partial charge on any atom is 0.227 e. The molecule has 0 aliphatic carbocycles. The predicted molar refractivity (Wildman–Crippen MR) is 106 cm³/mol. The van der Waals surface area contributed by atoms with Crippen molar-refractivity contribution >= 4 is 35.2 Å². The van der Waals surface area contributed by atoms with Gasteiger partial charge in [0, 0.05) is 18.7 Å². The van der Waals surface area contributed by atoms with Crippen molar-refractivity contribution in [1.29, 1.82) is 5.26 Å². The molecule has 0 unspecified atom stereocenters. The molecule has 140 valence electrons. The normalized spacial score (nSPS) is 22.0. The Bertz CT molecular complexity index is 988. The molecule has 27 heavy (non-hydrogen) atoms. The molecular weight excluding hydrogens is 384 g/mol. The first-order valence-electron chi connectivity index (χ1n) is 8.87. The van der Waals surface area contributed by atoms with Crippen LogP contribution in [0.1, 0.15) is 30.5 Å². The van der Waals surface area contributed by atoms with Gasteiger partial charge in [-0.2, -0.15) is 15.4 Å². The molecule has 2 aromatic rings. The molecule has 1 aromatic carbocycles. The van der Waals surface area contributed by atoms with Crippen LogP contribution in [-0.4, -0.2) is 33.4 Å². The number of aliphatic imine (C=N–C) groups is 1. The smallest absolute Gasteiger partial charge is 0.227 e. The van der Waals surface area contributed by atoms with Gasteiger partial charge in [0.2, 0.25) is 12.3 Å². The molecular formula is C18H19FN5OPS. The number of aromatic nitrogens is 2. The van der Waals surface area contributed by atoms with Crippen LogP contribution < -0.4 is 5.30 Å². The van der Waals surface area contributed by atoms with E-state index >= 15 is 0 Å². The highest BCUT2D eigenvalue weighted by Crippen LogP contribution is 2.57. The molecule has 0 radical (unpaired) electrons. The standard InChI is InChI=1S/C18H19FN5OPS/c1-13-16-17(24(22-13)12-4-9-20)21-18(14-5-7-15(19)8-6-14)25-26(16,27)23-10-2-3-11-23/h5-8H,2-4,10-12H2,1H3/t26-/m1/s1. The Balaban J connectivity index is 1.87. The molecule has 0 spiro atoms. The van der Waals surface area contributed by atoms with Crippen LogP contribution in [0.25, 0.3) is 0 Å². The minimum Gasteiger partial charge on any atom is -0.431 e. The zero-order valence-corrected chi connectivity index (χ0v) is 16.6. The maximum atomic E-state index is 13.4. The molecule has 1 saturated heterocycles. The number of rotatable bonds is 4. The molecule has 2 aliphatic heterocycles. The molecule has 0 bridgehead atoms. The Morgan fingerprint density at radius 1 is 1.30 bits per heavy atom. The third-order valence-electron chi connectivity index (χ3n) is 4.75. The SMILES string of the molecule is Cc1nn(CCC#N)c2c1[P@@](=S)(N1CCCC1)OC(c1ccc(F)cc1)=N2. The van der Waals surface area contributed by atoms with Crippen LogP contribution >= 0.6 is 6.42 Å². The van der Waals surface area contributed by atoms with Crippen LogP contribution in [0, 0.1) is 24.1 Å². The van der Waals surface area contributed by atoms with Crippen molar-refractivity contribution in [2.24, 2.45) is 4.99 Å². The molecule has 0 N–H and O–H groups in total. The molecule has 4 rings (SSSR count). The van der Waals surface area contributed by atoms with E-state index in [1.807, 2.05) is 6.92 Å². The fourth-order valence-electron chi connectivity index (χ4n) is 3.47. The number of benzene rings is 1. The van der Waals surface area contributed by atoms with Gasteiger partial charge >= 0.3 is 0 Å². The Labute approximate surface area is 162 Å². The summed E-state index contributed by atoms with van der Waals surface area (Å²) in [7, 11) is 0. The van der Waals surface area contributed by atoms with Gasteiger partial charge in [-0.05, 0) is 55.8 Å². The average Bonchev–Trinajstić information content (AvgIpc) is 3.30. The molecule has 6 nitrogen and oxygen atoms in total. The lowest BCUT2D eigenvalue weighted by atomic mass is 10.2. The van der Waals surface area contributed by atoms with Crippen molar-refractivity contribution in [1.82, 2.24) is 14.5 Å². The third kappa shape index (κ3) is 3.20. The van der Waals surface area contributed by atoms with Crippen molar-refractivity contribution in [3.63, 3.8) is 0 Å². The third-order valence-corrected chi connectivity index (χ3v) is 8.87. The Hall–Kier alpha value is -2.07. The highest BCUT2D eigenvalue weighted by Gasteiger charge is 2.42. The topological polar surface area (TPSA) is 66.4 Å². The van der Waals surface area contributed by atoms with Crippen LogP contribution in [0.5, 0.6) is 0 Å². The van der Waals surface area contributed by atoms with Crippen LogP contribution in [-0.2, 0) is 22.9 Å². The second-order valence-electron chi connectivity index (χ2n) is 6.59. The van der Waals surface area contributed by atoms with E-state index in [4.69, 9.17) is 21.6 Å². The van der Waals surface area contributed by atoms with Gasteiger partial charge in [0.05, 0.1) is 24.7 Å². The minimum atomic E-state index is -2.56. The van der Waals surface area contributed by atoms with Crippen molar-refractivity contribution in [3.05, 3.63) is 41.3 Å². The molecule has 3 heterocycles. The van der Waals surface area contributed by atoms with Gasteiger partial charge in [-0.3, -0.25) is 0 Å². The minimum absolute atomic E-state index is 0.315. The highest BCUT2D eigenvalue weighted by atomic mass is 32.4. The Morgan fingerprint density at radius 3 is 2.67 bits per heavy atom. The van der Waals surface area contributed by atoms with Gasteiger partial charge in [0.1, 0.15) is 11.1 Å². The average molecular weight is 403 g/mol. The van der Waals surface area contributed by atoms with E-state index < -0.39 is 6.42 Å². The van der Waals surface area contributed by atoms with Gasteiger partial charge in [-0.25, -0.2) is 13.7 Å². The number of nitriles is 1. The summed E-state index contributed by atoms with van der Waals surface area (Å²) in [6.07, 6.45) is -0.0517.